The Balaban J connectivity index is 1.37. The molecule has 0 atom stereocenters. The van der Waals surface area contributed by atoms with E-state index in [1.807, 2.05) is 50.2 Å². The maximum Gasteiger partial charge on any atom is 0.293 e. The number of furan rings is 1. The van der Waals surface area contributed by atoms with E-state index in [4.69, 9.17) is 4.42 Å². The third-order valence-corrected chi connectivity index (χ3v) is 6.60. The second-order valence-corrected chi connectivity index (χ2v) is 9.04. The monoisotopic (exact) mass is 458 g/mol. The van der Waals surface area contributed by atoms with Crippen molar-refractivity contribution in [2.24, 2.45) is 5.10 Å². The average molecular weight is 459 g/mol. The average Bonchev–Trinajstić information content (AvgIpc) is 3.38. The lowest BCUT2D eigenvalue weighted by molar-refractivity contribution is 0.0953. The maximum atomic E-state index is 13.0. The van der Waals surface area contributed by atoms with E-state index in [1.165, 1.54) is 11.3 Å². The summed E-state index contributed by atoms with van der Waals surface area (Å²) in [7, 11) is 0. The highest BCUT2D eigenvalue weighted by Gasteiger charge is 2.28. The first-order valence-corrected chi connectivity index (χ1v) is 11.5. The number of hydrogen-bond donors (Lipinski definition) is 2. The Kier molecular flexibility index (Phi) is 5.51. The van der Waals surface area contributed by atoms with Crippen LogP contribution in [-0.4, -0.2) is 22.5 Å². The van der Waals surface area contributed by atoms with Crippen molar-refractivity contribution in [1.29, 1.82) is 0 Å². The van der Waals surface area contributed by atoms with Gasteiger partial charge >= 0.3 is 0 Å². The molecule has 2 amide bonds. The lowest BCUT2D eigenvalue weighted by Gasteiger charge is -2.13. The molecule has 1 aliphatic carbocycles. The molecule has 5 rings (SSSR count). The topological polar surface area (TPSA) is 96.6 Å². The lowest BCUT2D eigenvalue weighted by atomic mass is 9.93. The summed E-state index contributed by atoms with van der Waals surface area (Å²) in [5.74, 6) is 0.351. The normalized spacial score (nSPS) is 14.3. The summed E-state index contributed by atoms with van der Waals surface area (Å²) >= 11 is 1.42. The number of nitrogens with zero attached hydrogens (tertiary/aromatic N) is 2. The molecule has 0 aliphatic heterocycles. The second kappa shape index (κ2) is 8.63. The first kappa shape index (κ1) is 21.1. The van der Waals surface area contributed by atoms with Gasteiger partial charge in [0.05, 0.1) is 15.9 Å². The number of carbonyl (C=O) groups is 2. The van der Waals surface area contributed by atoms with Crippen LogP contribution >= 0.6 is 11.3 Å². The highest BCUT2D eigenvalue weighted by atomic mass is 32.1. The van der Waals surface area contributed by atoms with Crippen LogP contribution in [0.15, 0.2) is 58.0 Å². The molecule has 7 nitrogen and oxygen atoms in total. The van der Waals surface area contributed by atoms with E-state index in [0.29, 0.717) is 22.7 Å². The minimum Gasteiger partial charge on any atom is -0.455 e. The van der Waals surface area contributed by atoms with E-state index in [2.05, 4.69) is 20.8 Å². The molecule has 0 saturated carbocycles. The summed E-state index contributed by atoms with van der Waals surface area (Å²) in [5, 5.41) is 7.76. The van der Waals surface area contributed by atoms with Gasteiger partial charge in [-0.2, -0.15) is 5.10 Å². The van der Waals surface area contributed by atoms with Crippen molar-refractivity contribution >= 4 is 44.2 Å². The summed E-state index contributed by atoms with van der Waals surface area (Å²) in [6, 6.07) is 15.0. The molecule has 2 aromatic carbocycles. The largest absolute Gasteiger partial charge is 0.455 e. The molecule has 166 valence electrons. The molecule has 0 bridgehead atoms. The lowest BCUT2D eigenvalue weighted by Crippen LogP contribution is -2.22. The predicted octanol–water partition coefficient (Wildman–Crippen LogP) is 5.23. The third kappa shape index (κ3) is 4.17. The van der Waals surface area contributed by atoms with Gasteiger partial charge in [0.1, 0.15) is 5.76 Å². The Labute approximate surface area is 194 Å². The Hall–Kier alpha value is -3.78. The molecular formula is C25H22N4O3S. The quantitative estimate of drug-likeness (QED) is 0.409. The smallest absolute Gasteiger partial charge is 0.293 e. The van der Waals surface area contributed by atoms with Gasteiger partial charge in [0.25, 0.3) is 11.8 Å². The van der Waals surface area contributed by atoms with Gasteiger partial charge in [-0.15, -0.1) is 0 Å². The van der Waals surface area contributed by atoms with Gasteiger partial charge in [-0.25, -0.2) is 10.4 Å². The number of rotatable bonds is 4. The zero-order valence-corrected chi connectivity index (χ0v) is 19.1. The first-order valence-electron chi connectivity index (χ1n) is 10.7. The van der Waals surface area contributed by atoms with E-state index >= 15 is 0 Å². The summed E-state index contributed by atoms with van der Waals surface area (Å²) in [6.07, 6.45) is 2.24. The van der Waals surface area contributed by atoms with Crippen molar-refractivity contribution in [3.63, 3.8) is 0 Å². The van der Waals surface area contributed by atoms with E-state index in [1.54, 1.807) is 12.1 Å². The Morgan fingerprint density at radius 2 is 1.82 bits per heavy atom. The van der Waals surface area contributed by atoms with Crippen molar-refractivity contribution in [2.45, 2.75) is 33.1 Å². The number of aromatic nitrogens is 1. The SMILES string of the molecule is Cc1ccc(C(=O)N/N=C2\CCCc3oc(C(=O)Nc4nc5ccccc5s4)c(C)c32)cc1. The molecule has 0 spiro atoms. The van der Waals surface area contributed by atoms with Gasteiger partial charge in [0.2, 0.25) is 0 Å². The fraction of sp³-hybridized carbons (Fsp3) is 0.200. The van der Waals surface area contributed by atoms with Gasteiger partial charge in [0, 0.05) is 23.1 Å². The zero-order chi connectivity index (χ0) is 22.9. The van der Waals surface area contributed by atoms with Crippen LogP contribution < -0.4 is 10.7 Å². The fourth-order valence-corrected chi connectivity index (χ4v) is 4.82. The van der Waals surface area contributed by atoms with Crippen LogP contribution in [0.1, 0.15) is 56.2 Å². The number of benzene rings is 2. The first-order chi connectivity index (χ1) is 16.0. The van der Waals surface area contributed by atoms with E-state index in [0.717, 1.165) is 45.7 Å². The van der Waals surface area contributed by atoms with Crippen molar-refractivity contribution < 1.29 is 14.0 Å². The maximum absolute atomic E-state index is 13.0. The number of para-hydroxylation sites is 1. The molecule has 2 heterocycles. The Bertz CT molecular complexity index is 1370. The minimum atomic E-state index is -0.344. The molecule has 33 heavy (non-hydrogen) atoms. The zero-order valence-electron chi connectivity index (χ0n) is 18.3. The number of hydrazone groups is 1. The second-order valence-electron chi connectivity index (χ2n) is 8.01. The van der Waals surface area contributed by atoms with Crippen molar-refractivity contribution in [2.75, 3.05) is 5.32 Å². The molecule has 0 radical (unpaired) electrons. The summed E-state index contributed by atoms with van der Waals surface area (Å²) < 4.78 is 6.95. The fourth-order valence-electron chi connectivity index (χ4n) is 3.96. The number of carbonyl (C=O) groups excluding carboxylic acids is 2. The van der Waals surface area contributed by atoms with Crippen LogP contribution in [0, 0.1) is 13.8 Å². The highest BCUT2D eigenvalue weighted by molar-refractivity contribution is 7.22. The van der Waals surface area contributed by atoms with Gasteiger partial charge < -0.3 is 4.42 Å². The Morgan fingerprint density at radius 3 is 2.61 bits per heavy atom. The molecule has 0 saturated heterocycles. The number of aryl methyl sites for hydroxylation is 2. The van der Waals surface area contributed by atoms with Crippen molar-refractivity contribution in [1.82, 2.24) is 10.4 Å². The van der Waals surface area contributed by atoms with Gasteiger partial charge in [-0.3, -0.25) is 14.9 Å². The van der Waals surface area contributed by atoms with E-state index < -0.39 is 0 Å². The summed E-state index contributed by atoms with van der Waals surface area (Å²) in [5.41, 5.74) is 7.35. The standard InChI is InChI=1S/C25H22N4O3S/c1-14-10-12-16(13-11-14)23(30)29-28-18-7-5-8-19-21(18)15(2)22(32-19)24(31)27-25-26-17-6-3-4-9-20(17)33-25/h3-4,6,9-13H,5,7-8H2,1-2H3,(H,29,30)(H,26,27,31)/b28-18+. The molecule has 2 aromatic heterocycles. The van der Waals surface area contributed by atoms with Crippen LogP contribution in [0.4, 0.5) is 5.13 Å². The van der Waals surface area contributed by atoms with Crippen LogP contribution in [0.3, 0.4) is 0 Å². The number of hydrogen-bond acceptors (Lipinski definition) is 6. The van der Waals surface area contributed by atoms with Crippen molar-refractivity contribution in [3.8, 4) is 0 Å². The molecule has 0 fully saturated rings. The van der Waals surface area contributed by atoms with Gasteiger partial charge in [0.15, 0.2) is 10.9 Å². The van der Waals surface area contributed by atoms with Crippen LogP contribution in [-0.2, 0) is 6.42 Å². The Morgan fingerprint density at radius 1 is 1.03 bits per heavy atom. The van der Waals surface area contributed by atoms with Crippen LogP contribution in [0.5, 0.6) is 0 Å². The number of fused-ring (bicyclic) bond motifs is 2. The molecule has 0 unspecified atom stereocenters. The molecule has 2 N–H and O–H groups in total. The van der Waals surface area contributed by atoms with Gasteiger partial charge in [-0.05, 0) is 51.0 Å². The minimum absolute atomic E-state index is 0.249. The van der Waals surface area contributed by atoms with Crippen molar-refractivity contribution in [3.05, 3.63) is 82.3 Å². The number of amides is 2. The van der Waals surface area contributed by atoms with Gasteiger partial charge in [-0.1, -0.05) is 41.2 Å². The van der Waals surface area contributed by atoms with E-state index in [9.17, 15) is 9.59 Å². The summed E-state index contributed by atoms with van der Waals surface area (Å²) in [6.45, 7) is 3.82. The number of thiazole rings is 1. The highest BCUT2D eigenvalue weighted by Crippen LogP contribution is 2.31. The number of nitrogens with one attached hydrogen (secondary N) is 2. The number of anilines is 1. The van der Waals surface area contributed by atoms with Crippen LogP contribution in [0.25, 0.3) is 10.2 Å². The summed E-state index contributed by atoms with van der Waals surface area (Å²) in [4.78, 5) is 29.9. The molecule has 1 aliphatic rings. The van der Waals surface area contributed by atoms with E-state index in [-0.39, 0.29) is 17.6 Å². The molecule has 4 aromatic rings. The third-order valence-electron chi connectivity index (χ3n) is 5.65. The predicted molar refractivity (Wildman–Crippen MR) is 129 cm³/mol. The molecular weight excluding hydrogens is 436 g/mol. The van der Waals surface area contributed by atoms with Crippen LogP contribution in [0.2, 0.25) is 0 Å². The molecule has 8 heteroatoms.